The molecule has 1 fully saturated rings. The second-order valence-corrected chi connectivity index (χ2v) is 5.11. The number of ether oxygens (including phenoxy) is 1. The highest BCUT2D eigenvalue weighted by Gasteiger charge is 2.32. The van der Waals surface area contributed by atoms with Gasteiger partial charge >= 0.3 is 0 Å². The summed E-state index contributed by atoms with van der Waals surface area (Å²) in [6, 6.07) is 0.158. The van der Waals surface area contributed by atoms with Gasteiger partial charge in [0, 0.05) is 31.5 Å². The van der Waals surface area contributed by atoms with Crippen molar-refractivity contribution in [3.05, 3.63) is 18.7 Å². The number of nitrogens with zero attached hydrogens (tertiary/aromatic N) is 2. The molecule has 1 amide bonds. The molecule has 2 atom stereocenters. The van der Waals surface area contributed by atoms with Crippen molar-refractivity contribution in [2.24, 2.45) is 5.92 Å². The van der Waals surface area contributed by atoms with Crippen LogP contribution in [-0.4, -0.2) is 47.8 Å². The third-order valence-corrected chi connectivity index (χ3v) is 3.59. The van der Waals surface area contributed by atoms with Gasteiger partial charge in [-0.3, -0.25) is 4.79 Å². The van der Waals surface area contributed by atoms with Crippen LogP contribution in [0.2, 0.25) is 0 Å². The Labute approximate surface area is 119 Å². The molecule has 0 aliphatic carbocycles. The van der Waals surface area contributed by atoms with E-state index in [1.807, 2.05) is 24.0 Å². The predicted molar refractivity (Wildman–Crippen MR) is 76.2 cm³/mol. The number of amides is 1. The maximum atomic E-state index is 12.1. The zero-order valence-electron chi connectivity index (χ0n) is 12.0. The third kappa shape index (κ3) is 4.31. The number of imidazole rings is 1. The number of rotatable bonds is 8. The Bertz CT molecular complexity index is 394. The second kappa shape index (κ2) is 8.01. The molecule has 0 radical (unpaired) electrons. The van der Waals surface area contributed by atoms with Crippen LogP contribution in [0.25, 0.3) is 0 Å². The fraction of sp³-hybridized carbons (Fsp3) is 0.714. The molecule has 1 aromatic heterocycles. The normalized spacial score (nSPS) is 22.1. The van der Waals surface area contributed by atoms with Crippen LogP contribution in [0.4, 0.5) is 0 Å². The Morgan fingerprint density at radius 2 is 2.35 bits per heavy atom. The first kappa shape index (κ1) is 15.0. The lowest BCUT2D eigenvalue weighted by Gasteiger charge is -2.17. The molecule has 2 rings (SSSR count). The maximum Gasteiger partial charge on any atom is 0.227 e. The number of carbonyl (C=O) groups is 1. The van der Waals surface area contributed by atoms with Crippen LogP contribution in [0.1, 0.15) is 19.8 Å². The molecule has 0 bridgehead atoms. The van der Waals surface area contributed by atoms with E-state index in [1.165, 1.54) is 0 Å². The first-order valence-electron chi connectivity index (χ1n) is 7.36. The van der Waals surface area contributed by atoms with Crippen LogP contribution >= 0.6 is 0 Å². The summed E-state index contributed by atoms with van der Waals surface area (Å²) in [6.45, 7) is 5.74. The molecule has 112 valence electrons. The monoisotopic (exact) mass is 280 g/mol. The number of carbonyl (C=O) groups excluding carboxylic acids is 1. The lowest BCUT2D eigenvalue weighted by molar-refractivity contribution is -0.125. The Morgan fingerprint density at radius 3 is 3.10 bits per heavy atom. The molecular weight excluding hydrogens is 256 g/mol. The van der Waals surface area contributed by atoms with E-state index < -0.39 is 0 Å². The molecule has 2 unspecified atom stereocenters. The smallest absolute Gasteiger partial charge is 0.227 e. The Kier molecular flexibility index (Phi) is 6.01. The topological polar surface area (TPSA) is 68.2 Å². The Balaban J connectivity index is 1.60. The van der Waals surface area contributed by atoms with Crippen LogP contribution in [0.5, 0.6) is 0 Å². The van der Waals surface area contributed by atoms with Crippen LogP contribution in [-0.2, 0) is 16.1 Å². The van der Waals surface area contributed by atoms with E-state index in [-0.39, 0.29) is 17.9 Å². The van der Waals surface area contributed by atoms with Crippen molar-refractivity contribution in [3.8, 4) is 0 Å². The molecule has 0 spiro atoms. The minimum Gasteiger partial charge on any atom is -0.379 e. The SMILES string of the molecule is CCNC1COCC1C(=O)NCCCCn1ccnc1. The number of aromatic nitrogens is 2. The molecule has 6 heteroatoms. The summed E-state index contributed by atoms with van der Waals surface area (Å²) < 4.78 is 7.44. The van der Waals surface area contributed by atoms with E-state index in [9.17, 15) is 4.79 Å². The van der Waals surface area contributed by atoms with E-state index >= 15 is 0 Å². The van der Waals surface area contributed by atoms with Crippen molar-refractivity contribution in [3.63, 3.8) is 0 Å². The van der Waals surface area contributed by atoms with E-state index in [2.05, 4.69) is 15.6 Å². The van der Waals surface area contributed by atoms with Gasteiger partial charge in [-0.25, -0.2) is 4.98 Å². The minimum atomic E-state index is -0.0522. The standard InChI is InChI=1S/C14H24N4O2/c1-2-16-13-10-20-9-12(13)14(19)17-5-3-4-7-18-8-6-15-11-18/h6,8,11-13,16H,2-5,7,9-10H2,1H3,(H,17,19). The minimum absolute atomic E-state index is 0.0522. The van der Waals surface area contributed by atoms with Gasteiger partial charge < -0.3 is 19.9 Å². The van der Waals surface area contributed by atoms with Gasteiger partial charge in [0.2, 0.25) is 5.91 Å². The summed E-state index contributed by atoms with van der Waals surface area (Å²) >= 11 is 0. The van der Waals surface area contributed by atoms with Gasteiger partial charge in [-0.05, 0) is 19.4 Å². The summed E-state index contributed by atoms with van der Waals surface area (Å²) in [5.74, 6) is 0.0553. The number of unbranched alkanes of at least 4 members (excludes halogenated alkanes) is 1. The molecule has 2 heterocycles. The maximum absolute atomic E-state index is 12.1. The van der Waals surface area contributed by atoms with Crippen molar-refractivity contribution in [2.45, 2.75) is 32.4 Å². The second-order valence-electron chi connectivity index (χ2n) is 5.11. The van der Waals surface area contributed by atoms with Gasteiger partial charge in [0.05, 0.1) is 25.5 Å². The molecule has 1 aliphatic heterocycles. The third-order valence-electron chi connectivity index (χ3n) is 3.59. The van der Waals surface area contributed by atoms with Gasteiger partial charge in [0.25, 0.3) is 0 Å². The summed E-state index contributed by atoms with van der Waals surface area (Å²) in [5.41, 5.74) is 0. The summed E-state index contributed by atoms with van der Waals surface area (Å²) in [7, 11) is 0. The average molecular weight is 280 g/mol. The van der Waals surface area contributed by atoms with Gasteiger partial charge in [0.15, 0.2) is 0 Å². The lowest BCUT2D eigenvalue weighted by Crippen LogP contribution is -2.44. The van der Waals surface area contributed by atoms with Crippen molar-refractivity contribution >= 4 is 5.91 Å². The molecule has 20 heavy (non-hydrogen) atoms. The first-order valence-corrected chi connectivity index (χ1v) is 7.36. The van der Waals surface area contributed by atoms with Crippen molar-refractivity contribution in [1.29, 1.82) is 0 Å². The predicted octanol–water partition coefficient (Wildman–Crippen LogP) is 0.404. The van der Waals surface area contributed by atoms with Gasteiger partial charge in [-0.2, -0.15) is 0 Å². The van der Waals surface area contributed by atoms with Crippen LogP contribution in [0.15, 0.2) is 18.7 Å². The summed E-state index contributed by atoms with van der Waals surface area (Å²) in [6.07, 6.45) is 7.56. The molecular formula is C14H24N4O2. The van der Waals surface area contributed by atoms with Crippen molar-refractivity contribution < 1.29 is 9.53 Å². The average Bonchev–Trinajstić information content (AvgIpc) is 3.09. The number of hydrogen-bond donors (Lipinski definition) is 2. The van der Waals surface area contributed by atoms with E-state index in [1.54, 1.807) is 6.20 Å². The molecule has 1 saturated heterocycles. The number of hydrogen-bond acceptors (Lipinski definition) is 4. The molecule has 0 saturated carbocycles. The fourth-order valence-corrected chi connectivity index (χ4v) is 2.46. The van der Waals surface area contributed by atoms with E-state index in [4.69, 9.17) is 4.74 Å². The van der Waals surface area contributed by atoms with Gasteiger partial charge in [0.1, 0.15) is 0 Å². The lowest BCUT2D eigenvalue weighted by atomic mass is 10.0. The first-order chi connectivity index (χ1) is 9.81. The largest absolute Gasteiger partial charge is 0.379 e. The highest BCUT2D eigenvalue weighted by molar-refractivity contribution is 5.79. The van der Waals surface area contributed by atoms with Gasteiger partial charge in [-0.1, -0.05) is 6.92 Å². The molecule has 1 aliphatic rings. The summed E-state index contributed by atoms with van der Waals surface area (Å²) in [5, 5.41) is 6.31. The Hall–Kier alpha value is -1.40. The van der Waals surface area contributed by atoms with Crippen LogP contribution in [0.3, 0.4) is 0 Å². The van der Waals surface area contributed by atoms with Crippen molar-refractivity contribution in [2.75, 3.05) is 26.3 Å². The van der Waals surface area contributed by atoms with Crippen molar-refractivity contribution in [1.82, 2.24) is 20.2 Å². The molecule has 1 aromatic rings. The summed E-state index contributed by atoms with van der Waals surface area (Å²) in [4.78, 5) is 16.1. The van der Waals surface area contributed by atoms with E-state index in [0.717, 1.165) is 32.5 Å². The zero-order valence-corrected chi connectivity index (χ0v) is 12.0. The molecule has 2 N–H and O–H groups in total. The number of likely N-dealkylation sites (N-methyl/N-ethyl adjacent to an activating group) is 1. The number of aryl methyl sites for hydroxylation is 1. The quantitative estimate of drug-likeness (QED) is 0.677. The molecule has 6 nitrogen and oxygen atoms in total. The highest BCUT2D eigenvalue weighted by Crippen LogP contribution is 2.13. The van der Waals surface area contributed by atoms with Gasteiger partial charge in [-0.15, -0.1) is 0 Å². The number of nitrogens with one attached hydrogen (secondary N) is 2. The molecule has 0 aromatic carbocycles. The van der Waals surface area contributed by atoms with Crippen LogP contribution < -0.4 is 10.6 Å². The Morgan fingerprint density at radius 1 is 1.45 bits per heavy atom. The highest BCUT2D eigenvalue weighted by atomic mass is 16.5. The fourth-order valence-electron chi connectivity index (χ4n) is 2.46. The van der Waals surface area contributed by atoms with E-state index in [0.29, 0.717) is 13.2 Å². The zero-order chi connectivity index (χ0) is 14.2. The van der Waals surface area contributed by atoms with Crippen LogP contribution in [0, 0.1) is 5.92 Å².